The Morgan fingerprint density at radius 2 is 1.97 bits per heavy atom. The van der Waals surface area contributed by atoms with E-state index in [1.54, 1.807) is 12.3 Å². The zero-order valence-corrected chi connectivity index (χ0v) is 20.7. The lowest BCUT2D eigenvalue weighted by Gasteiger charge is -2.30. The number of esters is 1. The Bertz CT molecular complexity index is 1230. The van der Waals surface area contributed by atoms with Gasteiger partial charge in [0.15, 0.2) is 0 Å². The third-order valence-corrected chi connectivity index (χ3v) is 7.52. The predicted octanol–water partition coefficient (Wildman–Crippen LogP) is 6.00. The maximum absolute atomic E-state index is 13.0. The summed E-state index contributed by atoms with van der Waals surface area (Å²) < 4.78 is 44.1. The average Bonchev–Trinajstić information content (AvgIpc) is 3.32. The van der Waals surface area contributed by atoms with Gasteiger partial charge in [-0.2, -0.15) is 13.2 Å². The first-order valence-corrected chi connectivity index (χ1v) is 12.4. The third-order valence-electron chi connectivity index (χ3n) is 6.30. The highest BCUT2D eigenvalue weighted by Crippen LogP contribution is 2.41. The van der Waals surface area contributed by atoms with Crippen LogP contribution >= 0.6 is 11.3 Å². The fraction of sp³-hybridized carbons (Fsp3) is 0.440. The summed E-state index contributed by atoms with van der Waals surface area (Å²) in [6.07, 6.45) is 2.04. The molecule has 11 heteroatoms. The molecule has 0 saturated heterocycles. The van der Waals surface area contributed by atoms with E-state index >= 15 is 0 Å². The van der Waals surface area contributed by atoms with E-state index in [1.165, 1.54) is 18.4 Å². The number of pyridine rings is 2. The van der Waals surface area contributed by atoms with Gasteiger partial charge in [0.2, 0.25) is 0 Å². The molecule has 7 nitrogen and oxygen atoms in total. The van der Waals surface area contributed by atoms with E-state index < -0.39 is 17.3 Å². The number of hydrogen-bond donors (Lipinski definition) is 2. The summed E-state index contributed by atoms with van der Waals surface area (Å²) >= 11 is 1.32. The van der Waals surface area contributed by atoms with Gasteiger partial charge in [-0.25, -0.2) is 15.0 Å². The molecule has 0 aromatic carbocycles. The number of aromatic nitrogens is 3. The Morgan fingerprint density at radius 3 is 2.72 bits per heavy atom. The molecule has 0 spiro atoms. The van der Waals surface area contributed by atoms with Crippen molar-refractivity contribution in [3.63, 3.8) is 0 Å². The number of hydrogen-bond acceptors (Lipinski definition) is 8. The van der Waals surface area contributed by atoms with Gasteiger partial charge >= 0.3 is 12.1 Å². The standard InChI is InChI=1S/C25H27F3N4O3S/c1-15-11-18(31-21(12-15)32-20-13-17(7-10-29-20)25(26,27)28)19-14-30-23(36-19)24(34)8-4-3-5-16(6-9-24)22(33)35-2/h7,10-14,16,34H,3-6,8-9H2,1-2H3,(H,29,31,32). The van der Waals surface area contributed by atoms with Crippen molar-refractivity contribution in [1.29, 1.82) is 0 Å². The summed E-state index contributed by atoms with van der Waals surface area (Å²) in [5.74, 6) is -0.115. The van der Waals surface area contributed by atoms with E-state index in [-0.39, 0.29) is 17.7 Å². The molecule has 3 heterocycles. The first-order valence-electron chi connectivity index (χ1n) is 11.6. The summed E-state index contributed by atoms with van der Waals surface area (Å²) in [6, 6.07) is 5.40. The van der Waals surface area contributed by atoms with Crippen LogP contribution in [0.2, 0.25) is 0 Å². The number of aryl methyl sites for hydroxylation is 1. The average molecular weight is 521 g/mol. The van der Waals surface area contributed by atoms with Crippen molar-refractivity contribution in [3.05, 3.63) is 52.8 Å². The number of aliphatic hydroxyl groups is 1. The van der Waals surface area contributed by atoms with E-state index in [2.05, 4.69) is 20.3 Å². The second-order valence-electron chi connectivity index (χ2n) is 9.03. The van der Waals surface area contributed by atoms with Crippen LogP contribution in [0.1, 0.15) is 54.7 Å². The number of anilines is 2. The second kappa shape index (κ2) is 10.5. The van der Waals surface area contributed by atoms with Crippen LogP contribution in [0.5, 0.6) is 0 Å². The van der Waals surface area contributed by atoms with Gasteiger partial charge in [-0.1, -0.05) is 12.8 Å². The minimum atomic E-state index is -4.47. The summed E-state index contributed by atoms with van der Waals surface area (Å²) in [5, 5.41) is 14.8. The molecular formula is C25H27F3N4O3S. The number of nitrogens with one attached hydrogen (secondary N) is 1. The van der Waals surface area contributed by atoms with Gasteiger partial charge in [-0.05, 0) is 62.4 Å². The number of methoxy groups -OCH3 is 1. The first-order chi connectivity index (χ1) is 17.1. The molecule has 2 unspecified atom stereocenters. The van der Waals surface area contributed by atoms with Crippen LogP contribution in [0.25, 0.3) is 10.6 Å². The minimum Gasteiger partial charge on any atom is -0.469 e. The van der Waals surface area contributed by atoms with Crippen LogP contribution in [-0.2, 0) is 21.3 Å². The van der Waals surface area contributed by atoms with Crippen molar-refractivity contribution in [3.8, 4) is 10.6 Å². The minimum absolute atomic E-state index is 0.0304. The zero-order chi connectivity index (χ0) is 25.9. The van der Waals surface area contributed by atoms with Crippen molar-refractivity contribution < 1.29 is 27.8 Å². The monoisotopic (exact) mass is 520 g/mol. The first kappa shape index (κ1) is 26.0. The van der Waals surface area contributed by atoms with Crippen LogP contribution < -0.4 is 5.32 Å². The summed E-state index contributed by atoms with van der Waals surface area (Å²) in [6.45, 7) is 1.85. The van der Waals surface area contributed by atoms with E-state index in [0.717, 1.165) is 43.2 Å². The molecule has 1 aliphatic rings. The van der Waals surface area contributed by atoms with Crippen LogP contribution in [0, 0.1) is 12.8 Å². The van der Waals surface area contributed by atoms with Gasteiger partial charge in [0.05, 0.1) is 29.2 Å². The van der Waals surface area contributed by atoms with Crippen molar-refractivity contribution >= 4 is 28.9 Å². The van der Waals surface area contributed by atoms with Crippen LogP contribution in [0.15, 0.2) is 36.7 Å². The molecule has 3 aromatic heterocycles. The summed E-state index contributed by atoms with van der Waals surface area (Å²) in [4.78, 5) is 25.8. The summed E-state index contributed by atoms with van der Waals surface area (Å²) in [7, 11) is 1.38. The molecule has 1 saturated carbocycles. The smallest absolute Gasteiger partial charge is 0.416 e. The van der Waals surface area contributed by atoms with Crippen LogP contribution in [0.3, 0.4) is 0 Å². The lowest BCUT2D eigenvalue weighted by atomic mass is 9.83. The Balaban J connectivity index is 1.56. The number of ether oxygens (including phenoxy) is 1. The van der Waals surface area contributed by atoms with E-state index in [0.29, 0.717) is 40.7 Å². The van der Waals surface area contributed by atoms with Crippen molar-refractivity contribution in [1.82, 2.24) is 15.0 Å². The molecule has 0 amide bonds. The maximum Gasteiger partial charge on any atom is 0.416 e. The highest BCUT2D eigenvalue weighted by atomic mass is 32.1. The van der Waals surface area contributed by atoms with Crippen molar-refractivity contribution in [2.45, 2.75) is 57.2 Å². The number of rotatable bonds is 5. The second-order valence-corrected chi connectivity index (χ2v) is 10.1. The molecule has 1 aliphatic carbocycles. The fourth-order valence-electron chi connectivity index (χ4n) is 4.38. The topological polar surface area (TPSA) is 97.2 Å². The molecule has 0 radical (unpaired) electrons. The molecule has 36 heavy (non-hydrogen) atoms. The SMILES string of the molecule is COC(=O)C1CCCCC(O)(c2ncc(-c3cc(C)cc(Nc4cc(C(F)(F)F)ccn4)n3)s2)CC1. The summed E-state index contributed by atoms with van der Waals surface area (Å²) in [5.41, 5.74) is -0.533. The fourth-order valence-corrected chi connectivity index (χ4v) is 5.40. The molecule has 192 valence electrons. The molecular weight excluding hydrogens is 493 g/mol. The number of alkyl halides is 3. The molecule has 2 atom stereocenters. The Morgan fingerprint density at radius 1 is 1.17 bits per heavy atom. The van der Waals surface area contributed by atoms with Crippen molar-refractivity contribution in [2.75, 3.05) is 12.4 Å². The molecule has 3 aromatic rings. The van der Waals surface area contributed by atoms with Gasteiger partial charge in [0.25, 0.3) is 0 Å². The third kappa shape index (κ3) is 6.01. The molecule has 4 rings (SSSR count). The highest BCUT2D eigenvalue weighted by molar-refractivity contribution is 7.15. The Labute approximate surface area is 210 Å². The lowest BCUT2D eigenvalue weighted by Crippen LogP contribution is -2.30. The predicted molar refractivity (Wildman–Crippen MR) is 130 cm³/mol. The van der Waals surface area contributed by atoms with Crippen LogP contribution in [-0.4, -0.2) is 33.1 Å². The normalized spacial score (nSPS) is 20.9. The van der Waals surface area contributed by atoms with Gasteiger partial charge in [-0.15, -0.1) is 11.3 Å². The molecule has 2 N–H and O–H groups in total. The number of nitrogens with zero attached hydrogens (tertiary/aromatic N) is 3. The molecule has 1 fully saturated rings. The number of halogens is 3. The highest BCUT2D eigenvalue weighted by Gasteiger charge is 2.36. The van der Waals surface area contributed by atoms with E-state index in [4.69, 9.17) is 4.74 Å². The molecule has 0 aliphatic heterocycles. The van der Waals surface area contributed by atoms with E-state index in [1.807, 2.05) is 13.0 Å². The number of carbonyl (C=O) groups excluding carboxylic acids is 1. The maximum atomic E-state index is 13.0. The van der Waals surface area contributed by atoms with Gasteiger partial charge in [0.1, 0.15) is 22.2 Å². The van der Waals surface area contributed by atoms with Crippen LogP contribution in [0.4, 0.5) is 24.8 Å². The quantitative estimate of drug-likeness (QED) is 0.398. The number of thiazole rings is 1. The van der Waals surface area contributed by atoms with Gasteiger partial charge < -0.3 is 15.2 Å². The van der Waals surface area contributed by atoms with Gasteiger partial charge in [0, 0.05) is 12.4 Å². The zero-order valence-electron chi connectivity index (χ0n) is 19.9. The Kier molecular flexibility index (Phi) is 7.60. The largest absolute Gasteiger partial charge is 0.469 e. The molecule has 0 bridgehead atoms. The lowest BCUT2D eigenvalue weighted by molar-refractivity contribution is -0.146. The van der Waals surface area contributed by atoms with Gasteiger partial charge in [-0.3, -0.25) is 4.79 Å². The Hall–Kier alpha value is -3.05. The number of carbonyl (C=O) groups is 1. The van der Waals surface area contributed by atoms with Crippen molar-refractivity contribution in [2.24, 2.45) is 5.92 Å². The van der Waals surface area contributed by atoms with E-state index in [9.17, 15) is 23.1 Å².